The number of aromatic nitrogens is 1. The van der Waals surface area contributed by atoms with E-state index in [-0.39, 0.29) is 12.5 Å². The summed E-state index contributed by atoms with van der Waals surface area (Å²) in [5, 5.41) is 32.0. The van der Waals surface area contributed by atoms with E-state index in [0.717, 1.165) is 16.3 Å². The van der Waals surface area contributed by atoms with Crippen molar-refractivity contribution in [1.29, 1.82) is 0 Å². The minimum Gasteiger partial charge on any atom is -0.489 e. The van der Waals surface area contributed by atoms with Gasteiger partial charge in [0, 0.05) is 22.7 Å². The number of amides is 1. The highest BCUT2D eigenvalue weighted by atomic mass is 35.5. The van der Waals surface area contributed by atoms with Gasteiger partial charge in [0.15, 0.2) is 0 Å². The molecule has 1 atom stereocenters. The average molecular weight is 557 g/mol. The van der Waals surface area contributed by atoms with Gasteiger partial charge in [0.1, 0.15) is 12.4 Å². The third-order valence-corrected chi connectivity index (χ3v) is 7.61. The van der Waals surface area contributed by atoms with E-state index in [4.69, 9.17) is 21.1 Å². The Morgan fingerprint density at radius 2 is 1.87 bits per heavy atom. The van der Waals surface area contributed by atoms with E-state index in [1.54, 1.807) is 12.3 Å². The topological polar surface area (TPSA) is 112 Å². The van der Waals surface area contributed by atoms with Gasteiger partial charge in [-0.3, -0.25) is 4.90 Å². The first-order valence-corrected chi connectivity index (χ1v) is 13.6. The molecule has 1 fully saturated rings. The van der Waals surface area contributed by atoms with Gasteiger partial charge in [0.2, 0.25) is 5.88 Å². The molecule has 0 radical (unpaired) electrons. The summed E-state index contributed by atoms with van der Waals surface area (Å²) in [6.07, 6.45) is 1.77. The zero-order valence-electron chi connectivity index (χ0n) is 22.6. The molecule has 1 amide bonds. The summed E-state index contributed by atoms with van der Waals surface area (Å²) in [7, 11) is 0. The van der Waals surface area contributed by atoms with Crippen LogP contribution in [0.2, 0.25) is 5.02 Å². The molecule has 0 bridgehead atoms. The van der Waals surface area contributed by atoms with E-state index in [2.05, 4.69) is 4.98 Å². The highest BCUT2D eigenvalue weighted by Gasteiger charge is 2.48. The highest BCUT2D eigenvalue weighted by molar-refractivity contribution is 6.33. The quantitative estimate of drug-likeness (QED) is 0.294. The number of benzene rings is 2. The second-order valence-corrected chi connectivity index (χ2v) is 11.7. The molecule has 1 heterocycles. The molecule has 3 N–H and O–H groups in total. The fraction of sp³-hybridized carbons (Fsp3) is 0.467. The van der Waals surface area contributed by atoms with Crippen molar-refractivity contribution < 1.29 is 29.6 Å². The Bertz CT molecular complexity index is 1270. The molecule has 0 aliphatic heterocycles. The summed E-state index contributed by atoms with van der Waals surface area (Å²) >= 11 is 6.65. The van der Waals surface area contributed by atoms with E-state index in [0.29, 0.717) is 48.9 Å². The molecule has 1 aliphatic carbocycles. The van der Waals surface area contributed by atoms with Crippen molar-refractivity contribution in [2.45, 2.75) is 82.8 Å². The summed E-state index contributed by atoms with van der Waals surface area (Å²) in [6, 6.07) is 15.4. The van der Waals surface area contributed by atoms with Crippen molar-refractivity contribution in [2.75, 3.05) is 6.61 Å². The molecule has 1 saturated carbocycles. The van der Waals surface area contributed by atoms with Crippen LogP contribution in [0.4, 0.5) is 4.79 Å². The number of aliphatic hydroxyl groups excluding tert-OH is 2. The van der Waals surface area contributed by atoms with Crippen LogP contribution in [0, 0.1) is 0 Å². The summed E-state index contributed by atoms with van der Waals surface area (Å²) < 4.78 is 12.3. The zero-order valence-corrected chi connectivity index (χ0v) is 23.4. The third kappa shape index (κ3) is 6.75. The Morgan fingerprint density at radius 3 is 2.49 bits per heavy atom. The third-order valence-electron chi connectivity index (χ3n) is 7.32. The molecular weight excluding hydrogens is 520 g/mol. The van der Waals surface area contributed by atoms with Crippen LogP contribution < -0.4 is 9.47 Å². The van der Waals surface area contributed by atoms with Crippen molar-refractivity contribution in [2.24, 2.45) is 0 Å². The summed E-state index contributed by atoms with van der Waals surface area (Å²) in [4.78, 5) is 18.2. The number of halogens is 1. The van der Waals surface area contributed by atoms with Crippen LogP contribution in [-0.4, -0.2) is 61.2 Å². The SMILES string of the molecule is CC(C)(C)N(C(=O)O)C1(CC(O)CO)CCC(Oc2cc3ccnc(OCc4ccccc4)c3cc2Cl)CC1. The number of carbonyl (C=O) groups is 1. The van der Waals surface area contributed by atoms with Crippen LogP contribution in [0.15, 0.2) is 54.7 Å². The number of hydrogen-bond donors (Lipinski definition) is 3. The number of carboxylic acid groups (broad SMARTS) is 1. The van der Waals surface area contributed by atoms with Gasteiger partial charge in [-0.15, -0.1) is 0 Å². The van der Waals surface area contributed by atoms with E-state index < -0.39 is 29.9 Å². The summed E-state index contributed by atoms with van der Waals surface area (Å²) in [5.41, 5.74) is -0.448. The van der Waals surface area contributed by atoms with Crippen LogP contribution in [-0.2, 0) is 6.61 Å². The molecule has 1 aliphatic rings. The van der Waals surface area contributed by atoms with Crippen molar-refractivity contribution >= 4 is 28.5 Å². The van der Waals surface area contributed by atoms with Gasteiger partial charge in [-0.2, -0.15) is 0 Å². The first-order valence-electron chi connectivity index (χ1n) is 13.3. The van der Waals surface area contributed by atoms with Crippen LogP contribution in [0.25, 0.3) is 10.8 Å². The van der Waals surface area contributed by atoms with E-state index in [1.165, 1.54) is 4.90 Å². The van der Waals surface area contributed by atoms with Crippen molar-refractivity contribution in [3.8, 4) is 11.6 Å². The maximum Gasteiger partial charge on any atom is 0.408 e. The number of rotatable bonds is 9. The van der Waals surface area contributed by atoms with Gasteiger partial charge >= 0.3 is 6.09 Å². The molecule has 8 nitrogen and oxygen atoms in total. The van der Waals surface area contributed by atoms with Crippen LogP contribution in [0.1, 0.15) is 58.4 Å². The molecule has 210 valence electrons. The second kappa shape index (κ2) is 12.0. The zero-order chi connectivity index (χ0) is 28.2. The first-order chi connectivity index (χ1) is 18.5. The van der Waals surface area contributed by atoms with Gasteiger partial charge in [0.25, 0.3) is 0 Å². The molecule has 0 spiro atoms. The van der Waals surface area contributed by atoms with Crippen molar-refractivity contribution in [3.05, 3.63) is 65.3 Å². The Kier molecular flexibility index (Phi) is 8.89. The minimum atomic E-state index is -1.04. The smallest absolute Gasteiger partial charge is 0.408 e. The normalized spacial score (nSPS) is 20.4. The Morgan fingerprint density at radius 1 is 1.18 bits per heavy atom. The molecular formula is C30H37ClN2O6. The van der Waals surface area contributed by atoms with E-state index in [9.17, 15) is 20.1 Å². The monoisotopic (exact) mass is 556 g/mol. The van der Waals surface area contributed by atoms with Gasteiger partial charge in [0.05, 0.1) is 23.8 Å². The molecule has 3 aromatic rings. The summed E-state index contributed by atoms with van der Waals surface area (Å²) in [6.45, 7) is 5.51. The maximum absolute atomic E-state index is 12.3. The Labute approximate surface area is 234 Å². The van der Waals surface area contributed by atoms with Gasteiger partial charge < -0.3 is 24.8 Å². The van der Waals surface area contributed by atoms with Crippen LogP contribution in [0.5, 0.6) is 11.6 Å². The Hall–Kier alpha value is -3.07. The largest absolute Gasteiger partial charge is 0.489 e. The first kappa shape index (κ1) is 28.9. The van der Waals surface area contributed by atoms with Gasteiger partial charge in [-0.25, -0.2) is 9.78 Å². The highest BCUT2D eigenvalue weighted by Crippen LogP contribution is 2.43. The maximum atomic E-state index is 12.3. The molecule has 0 saturated heterocycles. The molecule has 4 rings (SSSR count). The average Bonchev–Trinajstić information content (AvgIpc) is 2.88. The van der Waals surface area contributed by atoms with Crippen molar-refractivity contribution in [3.63, 3.8) is 0 Å². The molecule has 2 aromatic carbocycles. The number of fused-ring (bicyclic) bond motifs is 1. The molecule has 1 aromatic heterocycles. The van der Waals surface area contributed by atoms with Crippen molar-refractivity contribution in [1.82, 2.24) is 9.88 Å². The predicted octanol–water partition coefficient (Wildman–Crippen LogP) is 6.05. The Balaban J connectivity index is 1.50. The molecule has 1 unspecified atom stereocenters. The number of aliphatic hydroxyl groups is 2. The standard InChI is InChI=1S/C30H37ClN2O6/c1-29(2,3)33(28(36)37)30(17-22(35)18-34)12-9-23(10-13-30)39-26-15-21-11-14-32-27(24(21)16-25(26)31)38-19-20-7-5-4-6-8-20/h4-8,11,14-16,22-23,34-35H,9-10,12-13,17-19H2,1-3H3,(H,36,37). The van der Waals surface area contributed by atoms with E-state index in [1.807, 2.05) is 63.2 Å². The van der Waals surface area contributed by atoms with E-state index >= 15 is 0 Å². The lowest BCUT2D eigenvalue weighted by atomic mass is 9.74. The molecule has 9 heteroatoms. The lowest BCUT2D eigenvalue weighted by Crippen LogP contribution is -2.62. The number of hydrogen-bond acceptors (Lipinski definition) is 6. The number of nitrogens with zero attached hydrogens (tertiary/aromatic N) is 2. The summed E-state index contributed by atoms with van der Waals surface area (Å²) in [5.74, 6) is 1.04. The lowest BCUT2D eigenvalue weighted by Gasteiger charge is -2.52. The number of pyridine rings is 1. The fourth-order valence-corrected chi connectivity index (χ4v) is 5.94. The van der Waals surface area contributed by atoms with Gasteiger partial charge in [-0.05, 0) is 82.0 Å². The van der Waals surface area contributed by atoms with Gasteiger partial charge in [-0.1, -0.05) is 41.9 Å². The second-order valence-electron chi connectivity index (χ2n) is 11.3. The van der Waals surface area contributed by atoms with Crippen LogP contribution >= 0.6 is 11.6 Å². The van der Waals surface area contributed by atoms with Crippen LogP contribution in [0.3, 0.4) is 0 Å². The lowest BCUT2D eigenvalue weighted by molar-refractivity contribution is -0.0550. The molecule has 39 heavy (non-hydrogen) atoms. The minimum absolute atomic E-state index is 0.162. The predicted molar refractivity (Wildman–Crippen MR) is 150 cm³/mol. The fourth-order valence-electron chi connectivity index (χ4n) is 5.73. The number of ether oxygens (including phenoxy) is 2.